The van der Waals surface area contributed by atoms with Crippen LogP contribution in [0.1, 0.15) is 12.1 Å². The minimum absolute atomic E-state index is 0.0547. The van der Waals surface area contributed by atoms with Crippen LogP contribution in [0, 0.1) is 5.41 Å². The molecule has 1 rings (SSSR count). The summed E-state index contributed by atoms with van der Waals surface area (Å²) in [5.74, 6) is -0.0547. The Morgan fingerprint density at radius 1 is 1.55 bits per heavy atom. The summed E-state index contributed by atoms with van der Waals surface area (Å²) in [4.78, 5) is 5.83. The second-order valence-corrected chi connectivity index (χ2v) is 4.57. The molecule has 0 aromatic carbocycles. The van der Waals surface area contributed by atoms with Crippen molar-refractivity contribution in [3.05, 3.63) is 30.1 Å². The first-order chi connectivity index (χ1) is 9.65. The third kappa shape index (κ3) is 5.94. The van der Waals surface area contributed by atoms with Gasteiger partial charge in [0, 0.05) is 32.1 Å². The average molecular weight is 295 g/mol. The highest BCUT2D eigenvalue weighted by Gasteiger charge is 2.11. The number of thiocarbonyl (C=S) groups is 1. The average Bonchev–Trinajstić information content (AvgIpc) is 2.44. The Morgan fingerprint density at radius 2 is 2.35 bits per heavy atom. The van der Waals surface area contributed by atoms with E-state index in [1.165, 1.54) is 0 Å². The number of nitrogens with one attached hydrogen (secondary N) is 2. The summed E-state index contributed by atoms with van der Waals surface area (Å²) in [6.45, 7) is 1.74. The Hall–Kier alpha value is -1.73. The zero-order valence-electron chi connectivity index (χ0n) is 11.6. The molecule has 20 heavy (non-hydrogen) atoms. The van der Waals surface area contributed by atoms with Crippen molar-refractivity contribution in [1.82, 2.24) is 15.2 Å². The number of guanidine groups is 1. The summed E-state index contributed by atoms with van der Waals surface area (Å²) in [6, 6.07) is 5.83. The van der Waals surface area contributed by atoms with E-state index in [1.807, 2.05) is 18.2 Å². The lowest BCUT2D eigenvalue weighted by molar-refractivity contribution is 0.203. The molecule has 0 spiro atoms. The Balaban J connectivity index is 2.39. The molecule has 0 aliphatic heterocycles. The van der Waals surface area contributed by atoms with Crippen LogP contribution >= 0.6 is 12.2 Å². The van der Waals surface area contributed by atoms with Crippen molar-refractivity contribution in [1.29, 1.82) is 5.41 Å². The molecule has 110 valence electrons. The molecule has 0 amide bonds. The molecule has 1 heterocycles. The first kappa shape index (κ1) is 16.3. The third-order valence-electron chi connectivity index (χ3n) is 2.66. The van der Waals surface area contributed by atoms with Gasteiger partial charge in [0.05, 0.1) is 6.61 Å². The first-order valence-corrected chi connectivity index (χ1v) is 6.84. The molecule has 1 aromatic heterocycles. The van der Waals surface area contributed by atoms with Gasteiger partial charge in [-0.25, -0.2) is 0 Å². The Morgan fingerprint density at radius 3 is 2.95 bits per heavy atom. The number of hydrogen-bond acceptors (Lipinski definition) is 4. The lowest BCUT2D eigenvalue weighted by Gasteiger charge is -2.23. The van der Waals surface area contributed by atoms with Crippen LogP contribution in [-0.2, 0) is 11.2 Å². The zero-order chi connectivity index (χ0) is 14.8. The molecule has 4 N–H and O–H groups in total. The maximum absolute atomic E-state index is 7.57. The van der Waals surface area contributed by atoms with Gasteiger partial charge in [0.1, 0.15) is 0 Å². The molecule has 7 heteroatoms. The summed E-state index contributed by atoms with van der Waals surface area (Å²) in [5.41, 5.74) is 6.58. The summed E-state index contributed by atoms with van der Waals surface area (Å²) in [5, 5.41) is 11.0. The lowest BCUT2D eigenvalue weighted by Crippen LogP contribution is -2.47. The number of aromatic nitrogens is 1. The van der Waals surface area contributed by atoms with Crippen molar-refractivity contribution in [2.24, 2.45) is 5.73 Å². The Kier molecular flexibility index (Phi) is 7.52. The molecule has 0 saturated heterocycles. The second-order valence-electron chi connectivity index (χ2n) is 4.19. The van der Waals surface area contributed by atoms with Crippen LogP contribution in [0.5, 0.6) is 0 Å². The Bertz CT molecular complexity index is 426. The maximum atomic E-state index is 7.57. The Labute approximate surface area is 124 Å². The van der Waals surface area contributed by atoms with Crippen LogP contribution in [0.15, 0.2) is 24.4 Å². The molecule has 0 bridgehead atoms. The number of hydrogen-bond donors (Lipinski definition) is 3. The van der Waals surface area contributed by atoms with Gasteiger partial charge in [-0.05, 0) is 37.2 Å². The van der Waals surface area contributed by atoms with Crippen molar-refractivity contribution in [3.8, 4) is 0 Å². The SMILES string of the molecule is COCCNC(=S)N(CCCc1ccccn1)C(=N)N. The molecule has 0 fully saturated rings. The number of pyridine rings is 1. The highest BCUT2D eigenvalue weighted by atomic mass is 32.1. The quantitative estimate of drug-likeness (QED) is 0.297. The highest BCUT2D eigenvalue weighted by Crippen LogP contribution is 2.01. The number of ether oxygens (including phenoxy) is 1. The van der Waals surface area contributed by atoms with E-state index in [0.717, 1.165) is 18.5 Å². The maximum Gasteiger partial charge on any atom is 0.194 e. The summed E-state index contributed by atoms with van der Waals surface area (Å²) in [6.07, 6.45) is 3.42. The van der Waals surface area contributed by atoms with Crippen molar-refractivity contribution >= 4 is 23.3 Å². The molecule has 0 aliphatic rings. The molecular formula is C13H21N5OS. The summed E-state index contributed by atoms with van der Waals surface area (Å²) in [7, 11) is 1.63. The van der Waals surface area contributed by atoms with Gasteiger partial charge in [-0.1, -0.05) is 6.07 Å². The van der Waals surface area contributed by atoms with Gasteiger partial charge in [0.2, 0.25) is 0 Å². The van der Waals surface area contributed by atoms with Gasteiger partial charge in [-0.15, -0.1) is 0 Å². The third-order valence-corrected chi connectivity index (χ3v) is 3.02. The number of nitrogens with zero attached hydrogens (tertiary/aromatic N) is 2. The van der Waals surface area contributed by atoms with E-state index < -0.39 is 0 Å². The number of nitrogens with two attached hydrogens (primary N) is 1. The molecule has 0 radical (unpaired) electrons. The largest absolute Gasteiger partial charge is 0.383 e. The van der Waals surface area contributed by atoms with Crippen molar-refractivity contribution in [2.75, 3.05) is 26.8 Å². The summed E-state index contributed by atoms with van der Waals surface area (Å²) >= 11 is 5.22. The van der Waals surface area contributed by atoms with E-state index in [9.17, 15) is 0 Å². The van der Waals surface area contributed by atoms with E-state index in [4.69, 9.17) is 28.1 Å². The lowest BCUT2D eigenvalue weighted by atomic mass is 10.2. The van der Waals surface area contributed by atoms with Crippen LogP contribution in [-0.4, -0.2) is 47.8 Å². The first-order valence-electron chi connectivity index (χ1n) is 6.43. The van der Waals surface area contributed by atoms with E-state index in [2.05, 4.69) is 10.3 Å². The second kappa shape index (κ2) is 9.22. The van der Waals surface area contributed by atoms with E-state index >= 15 is 0 Å². The number of rotatable bonds is 7. The molecule has 6 nitrogen and oxygen atoms in total. The normalized spacial score (nSPS) is 10.1. The molecule has 0 aliphatic carbocycles. The highest BCUT2D eigenvalue weighted by molar-refractivity contribution is 7.80. The smallest absolute Gasteiger partial charge is 0.194 e. The fourth-order valence-corrected chi connectivity index (χ4v) is 1.94. The van der Waals surface area contributed by atoms with Gasteiger partial charge in [-0.3, -0.25) is 15.3 Å². The molecule has 1 aromatic rings. The van der Waals surface area contributed by atoms with Crippen LogP contribution in [0.25, 0.3) is 0 Å². The molecular weight excluding hydrogens is 274 g/mol. The molecule has 0 atom stereocenters. The van der Waals surface area contributed by atoms with Gasteiger partial charge >= 0.3 is 0 Å². The summed E-state index contributed by atoms with van der Waals surface area (Å²) < 4.78 is 4.94. The fraction of sp³-hybridized carbons (Fsp3) is 0.462. The molecule has 0 unspecified atom stereocenters. The van der Waals surface area contributed by atoms with E-state index in [-0.39, 0.29) is 5.96 Å². The number of methoxy groups -OCH3 is 1. The van der Waals surface area contributed by atoms with Gasteiger partial charge in [-0.2, -0.15) is 0 Å². The minimum Gasteiger partial charge on any atom is -0.383 e. The minimum atomic E-state index is -0.0547. The van der Waals surface area contributed by atoms with E-state index in [1.54, 1.807) is 18.2 Å². The molecule has 0 saturated carbocycles. The standard InChI is InChI=1S/C13H21N5OS/c1-19-10-8-17-13(20)18(12(14)15)9-4-6-11-5-2-3-7-16-11/h2-3,5,7H,4,6,8-10H2,1H3,(H3,14,15)(H,17,20). The topological polar surface area (TPSA) is 87.3 Å². The monoisotopic (exact) mass is 295 g/mol. The van der Waals surface area contributed by atoms with Gasteiger partial charge < -0.3 is 15.8 Å². The van der Waals surface area contributed by atoms with Crippen LogP contribution in [0.3, 0.4) is 0 Å². The van der Waals surface area contributed by atoms with Crippen LogP contribution in [0.2, 0.25) is 0 Å². The predicted octanol–water partition coefficient (Wildman–Crippen LogP) is 0.731. The van der Waals surface area contributed by atoms with Crippen LogP contribution < -0.4 is 11.1 Å². The van der Waals surface area contributed by atoms with Crippen molar-refractivity contribution in [2.45, 2.75) is 12.8 Å². The van der Waals surface area contributed by atoms with E-state index in [0.29, 0.717) is 24.8 Å². The zero-order valence-corrected chi connectivity index (χ0v) is 12.4. The number of aryl methyl sites for hydroxylation is 1. The van der Waals surface area contributed by atoms with Crippen molar-refractivity contribution < 1.29 is 4.74 Å². The van der Waals surface area contributed by atoms with Crippen molar-refractivity contribution in [3.63, 3.8) is 0 Å². The van der Waals surface area contributed by atoms with Crippen LogP contribution in [0.4, 0.5) is 0 Å². The fourth-order valence-electron chi connectivity index (χ4n) is 1.65. The van der Waals surface area contributed by atoms with Gasteiger partial charge in [0.25, 0.3) is 0 Å². The van der Waals surface area contributed by atoms with Gasteiger partial charge in [0.15, 0.2) is 11.1 Å². The predicted molar refractivity (Wildman–Crippen MR) is 83.7 cm³/mol.